The Kier molecular flexibility index (Phi) is 19.9. The van der Waals surface area contributed by atoms with Gasteiger partial charge < -0.3 is 37.9 Å². The highest BCUT2D eigenvalue weighted by atomic mass is 16.5. The van der Waals surface area contributed by atoms with Crippen molar-refractivity contribution in [3.8, 4) is 11.5 Å². The quantitative estimate of drug-likeness (QED) is 0.203. The van der Waals surface area contributed by atoms with Crippen LogP contribution in [0.4, 0.5) is 0 Å². The number of hydrogen-bond acceptors (Lipinski definition) is 8. The number of benzene rings is 1. The van der Waals surface area contributed by atoms with Crippen molar-refractivity contribution in [3.63, 3.8) is 0 Å². The molecule has 0 bridgehead atoms. The van der Waals surface area contributed by atoms with Crippen LogP contribution >= 0.6 is 0 Å². The number of ether oxygens (including phenoxy) is 8. The van der Waals surface area contributed by atoms with Crippen molar-refractivity contribution >= 4 is 0 Å². The second-order valence-corrected chi connectivity index (χ2v) is 7.93. The second-order valence-electron chi connectivity index (χ2n) is 7.93. The zero-order chi connectivity index (χ0) is 24.7. The van der Waals surface area contributed by atoms with Crippen LogP contribution in [0.25, 0.3) is 0 Å². The van der Waals surface area contributed by atoms with Crippen LogP contribution in [0.1, 0.15) is 36.8 Å². The number of hydrogen-bond donors (Lipinski definition) is 0. The molecule has 0 aromatic heterocycles. The molecule has 0 saturated carbocycles. The molecule has 8 heteroatoms. The second kappa shape index (κ2) is 22.1. The van der Waals surface area contributed by atoms with Crippen LogP contribution in [0.15, 0.2) is 12.1 Å². The fraction of sp³-hybridized carbons (Fsp3) is 0.769. The average Bonchev–Trinajstić information content (AvgIpc) is 2.83. The van der Waals surface area contributed by atoms with Gasteiger partial charge >= 0.3 is 0 Å². The van der Waals surface area contributed by atoms with Crippen LogP contribution in [0.2, 0.25) is 0 Å². The Balaban J connectivity index is 2.07. The molecule has 0 radical (unpaired) electrons. The van der Waals surface area contributed by atoms with E-state index in [2.05, 4.69) is 26.0 Å². The van der Waals surface area contributed by atoms with E-state index < -0.39 is 0 Å². The van der Waals surface area contributed by atoms with Crippen LogP contribution in [0.3, 0.4) is 0 Å². The summed E-state index contributed by atoms with van der Waals surface area (Å²) in [7, 11) is 3.33. The summed E-state index contributed by atoms with van der Waals surface area (Å²) in [5.74, 6) is 1.83. The van der Waals surface area contributed by atoms with Crippen molar-refractivity contribution in [1.82, 2.24) is 0 Å². The van der Waals surface area contributed by atoms with Crippen molar-refractivity contribution in [3.05, 3.63) is 23.3 Å². The fourth-order valence-corrected chi connectivity index (χ4v) is 2.98. The monoisotopic (exact) mass is 486 g/mol. The van der Waals surface area contributed by atoms with Gasteiger partial charge in [-0.2, -0.15) is 0 Å². The van der Waals surface area contributed by atoms with Gasteiger partial charge in [0.25, 0.3) is 0 Å². The van der Waals surface area contributed by atoms with Crippen LogP contribution in [0, 0.1) is 13.8 Å². The molecular weight excluding hydrogens is 440 g/mol. The maximum Gasteiger partial charge on any atom is 0.122 e. The van der Waals surface area contributed by atoms with Gasteiger partial charge in [-0.3, -0.25) is 0 Å². The lowest BCUT2D eigenvalue weighted by Gasteiger charge is -2.14. The molecule has 0 N–H and O–H groups in total. The molecule has 1 aromatic rings. The summed E-state index contributed by atoms with van der Waals surface area (Å²) in [4.78, 5) is 0. The molecule has 198 valence electrons. The number of aryl methyl sites for hydroxylation is 2. The molecule has 1 rings (SSSR count). The highest BCUT2D eigenvalue weighted by molar-refractivity contribution is 5.45. The SMILES string of the molecule is COCCOCCOCCCCOc1cc(C)c(OCCCCOCCOCCOC)cc1C. The van der Waals surface area contributed by atoms with Gasteiger partial charge in [0, 0.05) is 27.4 Å². The van der Waals surface area contributed by atoms with Crippen molar-refractivity contribution in [2.24, 2.45) is 0 Å². The van der Waals surface area contributed by atoms with Gasteiger partial charge in [0.15, 0.2) is 0 Å². The Morgan fingerprint density at radius 2 is 0.765 bits per heavy atom. The van der Waals surface area contributed by atoms with Gasteiger partial charge in [-0.25, -0.2) is 0 Å². The standard InChI is InChI=1S/C26H46O8/c1-23-21-26(34-12-8-6-10-30-18-20-32-16-14-28-4)24(2)22-25(23)33-11-7-5-9-29-17-19-31-15-13-27-3/h21-22H,5-20H2,1-4H3. The summed E-state index contributed by atoms with van der Waals surface area (Å²) >= 11 is 0. The highest BCUT2D eigenvalue weighted by Gasteiger charge is 2.07. The minimum absolute atomic E-state index is 0.603. The summed E-state index contributed by atoms with van der Waals surface area (Å²) in [5.41, 5.74) is 2.17. The zero-order valence-corrected chi connectivity index (χ0v) is 21.7. The van der Waals surface area contributed by atoms with Gasteiger partial charge in [0.2, 0.25) is 0 Å². The third kappa shape index (κ3) is 16.2. The first-order chi connectivity index (χ1) is 16.7. The van der Waals surface area contributed by atoms with Crippen LogP contribution in [0.5, 0.6) is 11.5 Å². The van der Waals surface area contributed by atoms with E-state index in [1.54, 1.807) is 14.2 Å². The molecule has 34 heavy (non-hydrogen) atoms. The molecule has 0 fully saturated rings. The number of methoxy groups -OCH3 is 2. The predicted molar refractivity (Wildman–Crippen MR) is 132 cm³/mol. The van der Waals surface area contributed by atoms with E-state index in [-0.39, 0.29) is 0 Å². The summed E-state index contributed by atoms with van der Waals surface area (Å²) in [6.45, 7) is 11.8. The molecule has 0 unspecified atom stereocenters. The summed E-state index contributed by atoms with van der Waals surface area (Å²) in [6, 6.07) is 4.12. The minimum atomic E-state index is 0.603. The maximum absolute atomic E-state index is 5.97. The van der Waals surface area contributed by atoms with Crippen molar-refractivity contribution in [2.45, 2.75) is 39.5 Å². The summed E-state index contributed by atoms with van der Waals surface area (Å²) < 4.78 is 43.6. The van der Waals surface area contributed by atoms with Crippen LogP contribution in [-0.2, 0) is 28.4 Å². The van der Waals surface area contributed by atoms with Gasteiger partial charge in [-0.05, 0) is 62.8 Å². The molecule has 8 nitrogen and oxygen atoms in total. The number of rotatable bonds is 24. The molecule has 0 heterocycles. The van der Waals surface area contributed by atoms with Crippen LogP contribution in [-0.4, -0.2) is 93.5 Å². The Morgan fingerprint density at radius 3 is 1.15 bits per heavy atom. The number of unbranched alkanes of at least 4 members (excludes halogenated alkanes) is 2. The molecule has 0 aliphatic heterocycles. The minimum Gasteiger partial charge on any atom is -0.493 e. The Bertz CT molecular complexity index is 545. The highest BCUT2D eigenvalue weighted by Crippen LogP contribution is 2.28. The van der Waals surface area contributed by atoms with Crippen molar-refractivity contribution in [1.29, 1.82) is 0 Å². The summed E-state index contributed by atoms with van der Waals surface area (Å²) in [6.07, 6.45) is 3.81. The predicted octanol–water partition coefficient (Wildman–Crippen LogP) is 3.98. The van der Waals surface area contributed by atoms with Gasteiger partial charge in [-0.1, -0.05) is 0 Å². The lowest BCUT2D eigenvalue weighted by molar-refractivity contribution is 0.0235. The third-order valence-electron chi connectivity index (χ3n) is 4.96. The fourth-order valence-electron chi connectivity index (χ4n) is 2.98. The molecule has 0 aliphatic carbocycles. The molecule has 0 saturated heterocycles. The van der Waals surface area contributed by atoms with E-state index in [0.717, 1.165) is 61.5 Å². The first-order valence-corrected chi connectivity index (χ1v) is 12.3. The maximum atomic E-state index is 5.97. The molecule has 0 aliphatic rings. The first-order valence-electron chi connectivity index (χ1n) is 12.3. The smallest absolute Gasteiger partial charge is 0.122 e. The molecule has 1 aromatic carbocycles. The largest absolute Gasteiger partial charge is 0.493 e. The van der Waals surface area contributed by atoms with Gasteiger partial charge in [0.05, 0.1) is 66.1 Å². The van der Waals surface area contributed by atoms with E-state index in [1.165, 1.54) is 0 Å². The van der Waals surface area contributed by atoms with Crippen molar-refractivity contribution in [2.75, 3.05) is 93.5 Å². The lowest BCUT2D eigenvalue weighted by Crippen LogP contribution is -2.09. The zero-order valence-electron chi connectivity index (χ0n) is 21.7. The van der Waals surface area contributed by atoms with Crippen molar-refractivity contribution < 1.29 is 37.9 Å². The third-order valence-corrected chi connectivity index (χ3v) is 4.96. The van der Waals surface area contributed by atoms with E-state index in [1.807, 2.05) is 0 Å². The van der Waals surface area contributed by atoms with E-state index in [9.17, 15) is 0 Å². The molecule has 0 spiro atoms. The Hall–Kier alpha value is -1.42. The molecule has 0 amide bonds. The Labute approximate surface area is 206 Å². The molecule has 0 atom stereocenters. The first kappa shape index (κ1) is 30.6. The summed E-state index contributed by atoms with van der Waals surface area (Å²) in [5, 5.41) is 0. The topological polar surface area (TPSA) is 73.8 Å². The lowest BCUT2D eigenvalue weighted by atomic mass is 10.1. The normalized spacial score (nSPS) is 11.2. The molecular formula is C26H46O8. The van der Waals surface area contributed by atoms with E-state index in [0.29, 0.717) is 66.1 Å². The van der Waals surface area contributed by atoms with Gasteiger partial charge in [-0.15, -0.1) is 0 Å². The van der Waals surface area contributed by atoms with E-state index >= 15 is 0 Å². The van der Waals surface area contributed by atoms with Crippen LogP contribution < -0.4 is 9.47 Å². The van der Waals surface area contributed by atoms with E-state index in [4.69, 9.17) is 37.9 Å². The average molecular weight is 487 g/mol. The van der Waals surface area contributed by atoms with Gasteiger partial charge in [0.1, 0.15) is 11.5 Å². The Morgan fingerprint density at radius 1 is 0.441 bits per heavy atom.